The van der Waals surface area contributed by atoms with Crippen molar-refractivity contribution in [1.82, 2.24) is 9.97 Å². The molecular weight excluding hydrogens is 370 g/mol. The summed E-state index contributed by atoms with van der Waals surface area (Å²) in [6.07, 6.45) is 0.766. The highest BCUT2D eigenvalue weighted by molar-refractivity contribution is 7.90. The van der Waals surface area contributed by atoms with Crippen LogP contribution < -0.4 is 10.5 Å². The van der Waals surface area contributed by atoms with Crippen LogP contribution in [0.2, 0.25) is 0 Å². The first-order valence-electron chi connectivity index (χ1n) is 6.52. The molecule has 134 valence electrons. The van der Waals surface area contributed by atoms with E-state index in [4.69, 9.17) is 20.8 Å². The molecule has 0 unspecified atom stereocenters. The summed E-state index contributed by atoms with van der Waals surface area (Å²) in [6, 6.07) is 4.88. The maximum atomic E-state index is 11.6. The van der Waals surface area contributed by atoms with Crippen LogP contribution in [0.5, 0.6) is 11.6 Å². The number of ether oxygens (including phenoxy) is 1. The fourth-order valence-corrected chi connectivity index (χ4v) is 2.32. The van der Waals surface area contributed by atoms with E-state index in [0.717, 1.165) is 24.5 Å². The summed E-state index contributed by atoms with van der Waals surface area (Å²) in [7, 11) is -3.96. The van der Waals surface area contributed by atoms with Gasteiger partial charge in [-0.05, 0) is 18.2 Å². The van der Waals surface area contributed by atoms with Gasteiger partial charge >= 0.3 is 17.5 Å². The molecule has 2 rings (SSSR count). The Labute approximate surface area is 145 Å². The van der Waals surface area contributed by atoms with E-state index in [2.05, 4.69) is 9.97 Å². The zero-order valence-corrected chi connectivity index (χ0v) is 13.7. The molecule has 0 aliphatic carbocycles. The van der Waals surface area contributed by atoms with Crippen molar-refractivity contribution in [3.8, 4) is 17.7 Å². The van der Waals surface area contributed by atoms with Gasteiger partial charge in [-0.3, -0.25) is 10.1 Å². The number of rotatable bonds is 5. The number of carboxylic acids is 1. The SMILES string of the molecule is CS(=O)(=O)c1nc(N)c([N+](=O)[O-])c(Oc2ccc(C#N)c(C(=O)O)c2)n1. The normalized spacial score (nSPS) is 10.8. The van der Waals surface area contributed by atoms with Crippen LogP contribution in [0.3, 0.4) is 0 Å². The molecule has 1 heterocycles. The number of nitrogen functional groups attached to an aromatic ring is 1. The lowest BCUT2D eigenvalue weighted by molar-refractivity contribution is -0.385. The van der Waals surface area contributed by atoms with Crippen molar-refractivity contribution < 1.29 is 28.0 Å². The lowest BCUT2D eigenvalue weighted by Gasteiger charge is -2.09. The lowest BCUT2D eigenvalue weighted by Crippen LogP contribution is -2.10. The highest BCUT2D eigenvalue weighted by Crippen LogP contribution is 2.34. The van der Waals surface area contributed by atoms with Gasteiger partial charge in [0.1, 0.15) is 11.8 Å². The van der Waals surface area contributed by atoms with Crippen molar-refractivity contribution in [3.63, 3.8) is 0 Å². The third-order valence-corrected chi connectivity index (χ3v) is 3.77. The van der Waals surface area contributed by atoms with E-state index < -0.39 is 48.8 Å². The molecule has 1 aromatic carbocycles. The van der Waals surface area contributed by atoms with Gasteiger partial charge in [-0.2, -0.15) is 15.2 Å². The zero-order valence-electron chi connectivity index (χ0n) is 12.9. The van der Waals surface area contributed by atoms with Crippen LogP contribution in [-0.4, -0.2) is 40.6 Å². The van der Waals surface area contributed by atoms with Gasteiger partial charge in [0.05, 0.1) is 16.1 Å². The van der Waals surface area contributed by atoms with E-state index in [-0.39, 0.29) is 11.3 Å². The second kappa shape index (κ2) is 6.61. The number of aromatic nitrogens is 2. The number of hydrogen-bond acceptors (Lipinski definition) is 10. The van der Waals surface area contributed by atoms with E-state index in [1.165, 1.54) is 0 Å². The van der Waals surface area contributed by atoms with Crippen LogP contribution >= 0.6 is 0 Å². The molecule has 0 radical (unpaired) electrons. The van der Waals surface area contributed by atoms with Gasteiger partial charge in [0, 0.05) is 6.26 Å². The molecule has 0 bridgehead atoms. The first-order valence-corrected chi connectivity index (χ1v) is 8.41. The smallest absolute Gasteiger partial charge is 0.373 e. The highest BCUT2D eigenvalue weighted by atomic mass is 32.2. The first-order chi connectivity index (χ1) is 12.0. The molecule has 0 saturated heterocycles. The Morgan fingerprint density at radius 2 is 2.08 bits per heavy atom. The summed E-state index contributed by atoms with van der Waals surface area (Å²) in [5.41, 5.74) is 3.95. The molecule has 12 nitrogen and oxygen atoms in total. The maximum absolute atomic E-state index is 11.6. The summed E-state index contributed by atoms with van der Waals surface area (Å²) in [4.78, 5) is 28.2. The van der Waals surface area contributed by atoms with E-state index >= 15 is 0 Å². The number of benzene rings is 1. The standard InChI is InChI=1S/C13H9N5O7S/c1-26(23,24)13-16-10(15)9(18(21)22)11(17-13)25-7-3-2-6(5-14)8(4-7)12(19)20/h2-4H,1H3,(H,19,20)(H2,15,16,17). The molecule has 13 heteroatoms. The van der Waals surface area contributed by atoms with Gasteiger partial charge in [0.2, 0.25) is 15.7 Å². The van der Waals surface area contributed by atoms with Crippen LogP contribution in [0, 0.1) is 21.4 Å². The predicted octanol–water partition coefficient (Wildman–Crippen LogP) is 0.733. The maximum Gasteiger partial charge on any atom is 0.373 e. The quantitative estimate of drug-likeness (QED) is 0.421. The number of hydrogen-bond donors (Lipinski definition) is 2. The van der Waals surface area contributed by atoms with Gasteiger partial charge in [0.25, 0.3) is 5.16 Å². The minimum atomic E-state index is -3.96. The molecule has 0 spiro atoms. The van der Waals surface area contributed by atoms with Gasteiger partial charge in [0.15, 0.2) is 0 Å². The lowest BCUT2D eigenvalue weighted by atomic mass is 10.1. The Hall–Kier alpha value is -3.79. The number of nitrogens with two attached hydrogens (primary N) is 1. The number of sulfone groups is 1. The van der Waals surface area contributed by atoms with Crippen molar-refractivity contribution >= 4 is 27.3 Å². The van der Waals surface area contributed by atoms with Crippen LogP contribution in [0.15, 0.2) is 23.4 Å². The average Bonchev–Trinajstić information content (AvgIpc) is 2.53. The molecule has 0 atom stereocenters. The summed E-state index contributed by atoms with van der Waals surface area (Å²) in [5, 5.41) is 28.3. The molecule has 2 aromatic rings. The molecule has 1 aromatic heterocycles. The van der Waals surface area contributed by atoms with E-state index in [9.17, 15) is 23.3 Å². The number of carbonyl (C=O) groups is 1. The van der Waals surface area contributed by atoms with Crippen molar-refractivity contribution in [2.75, 3.05) is 12.0 Å². The van der Waals surface area contributed by atoms with Gasteiger partial charge in [-0.1, -0.05) is 0 Å². The van der Waals surface area contributed by atoms with Crippen LogP contribution in [0.1, 0.15) is 15.9 Å². The Morgan fingerprint density at radius 1 is 1.42 bits per heavy atom. The number of anilines is 1. The fourth-order valence-electron chi connectivity index (χ4n) is 1.81. The minimum absolute atomic E-state index is 0.168. The van der Waals surface area contributed by atoms with Crippen LogP contribution in [0.25, 0.3) is 0 Å². The molecule has 26 heavy (non-hydrogen) atoms. The van der Waals surface area contributed by atoms with Crippen molar-refractivity contribution in [1.29, 1.82) is 5.26 Å². The summed E-state index contributed by atoms with van der Waals surface area (Å²) >= 11 is 0. The van der Waals surface area contributed by atoms with Crippen molar-refractivity contribution in [2.45, 2.75) is 5.16 Å². The Bertz CT molecular complexity index is 1080. The average molecular weight is 379 g/mol. The summed E-state index contributed by atoms with van der Waals surface area (Å²) in [6.45, 7) is 0. The zero-order chi connectivity index (χ0) is 19.6. The Kier molecular flexibility index (Phi) is 4.71. The summed E-state index contributed by atoms with van der Waals surface area (Å²) in [5.74, 6) is -3.20. The third kappa shape index (κ3) is 3.65. The highest BCUT2D eigenvalue weighted by Gasteiger charge is 2.28. The van der Waals surface area contributed by atoms with Crippen LogP contribution in [-0.2, 0) is 9.84 Å². The van der Waals surface area contributed by atoms with Gasteiger partial charge in [-0.25, -0.2) is 13.2 Å². The number of aromatic carboxylic acids is 1. The van der Waals surface area contributed by atoms with E-state index in [0.29, 0.717) is 0 Å². The fraction of sp³-hybridized carbons (Fsp3) is 0.0769. The van der Waals surface area contributed by atoms with Gasteiger partial charge in [-0.15, -0.1) is 0 Å². The topological polar surface area (TPSA) is 199 Å². The van der Waals surface area contributed by atoms with Crippen molar-refractivity contribution in [2.24, 2.45) is 0 Å². The Morgan fingerprint density at radius 3 is 2.58 bits per heavy atom. The first kappa shape index (κ1) is 18.5. The minimum Gasteiger partial charge on any atom is -0.478 e. The molecule has 0 aliphatic heterocycles. The number of nitrogens with zero attached hydrogens (tertiary/aromatic N) is 4. The largest absolute Gasteiger partial charge is 0.478 e. The molecule has 3 N–H and O–H groups in total. The number of carboxylic acid groups (broad SMARTS) is 1. The second-order valence-corrected chi connectivity index (χ2v) is 6.71. The van der Waals surface area contributed by atoms with E-state index in [1.807, 2.05) is 0 Å². The predicted molar refractivity (Wildman–Crippen MR) is 84.4 cm³/mol. The third-order valence-electron chi connectivity index (χ3n) is 2.93. The number of nitriles is 1. The van der Waals surface area contributed by atoms with Crippen molar-refractivity contribution in [3.05, 3.63) is 39.4 Å². The molecular formula is C13H9N5O7S. The molecule has 0 fully saturated rings. The molecule has 0 amide bonds. The van der Waals surface area contributed by atoms with E-state index in [1.54, 1.807) is 6.07 Å². The number of nitro groups is 1. The summed E-state index contributed by atoms with van der Waals surface area (Å²) < 4.78 is 28.3. The van der Waals surface area contributed by atoms with Gasteiger partial charge < -0.3 is 15.6 Å². The molecule has 0 aliphatic rings. The Balaban J connectivity index is 2.64. The second-order valence-electron chi connectivity index (χ2n) is 4.80. The molecule has 0 saturated carbocycles. The monoisotopic (exact) mass is 379 g/mol. The van der Waals surface area contributed by atoms with Crippen LogP contribution in [0.4, 0.5) is 11.5 Å².